The van der Waals surface area contributed by atoms with Crippen molar-refractivity contribution in [3.63, 3.8) is 0 Å². The molecule has 2 N–H and O–H groups in total. The van der Waals surface area contributed by atoms with Crippen LogP contribution in [-0.2, 0) is 11.2 Å². The molecule has 0 heterocycles. The second-order valence-electron chi connectivity index (χ2n) is 3.67. The minimum Gasteiger partial charge on any atom is -0.377 e. The summed E-state index contributed by atoms with van der Waals surface area (Å²) in [7, 11) is 3.92. The number of aryl methyl sites for hydroxylation is 1. The third-order valence-electron chi connectivity index (χ3n) is 2.09. The molecule has 0 saturated heterocycles. The third kappa shape index (κ3) is 2.49. The monoisotopic (exact) mass is 192 g/mol. The van der Waals surface area contributed by atoms with E-state index in [1.54, 1.807) is 0 Å². The number of hydrogen-bond acceptors (Lipinski definition) is 2. The number of nitrogens with two attached hydrogens (primary N) is 1. The smallest absolute Gasteiger partial charge is 0.221 e. The molecule has 14 heavy (non-hydrogen) atoms. The summed E-state index contributed by atoms with van der Waals surface area (Å²) in [4.78, 5) is 12.8. The Morgan fingerprint density at radius 3 is 2.57 bits per heavy atom. The molecular weight excluding hydrogens is 176 g/mol. The van der Waals surface area contributed by atoms with Gasteiger partial charge in [-0.15, -0.1) is 0 Å². The van der Waals surface area contributed by atoms with Gasteiger partial charge in [0.1, 0.15) is 0 Å². The van der Waals surface area contributed by atoms with E-state index in [-0.39, 0.29) is 5.91 Å². The van der Waals surface area contributed by atoms with Gasteiger partial charge in [0.2, 0.25) is 5.91 Å². The first-order chi connectivity index (χ1) is 6.50. The predicted molar refractivity (Wildman–Crippen MR) is 58.4 cm³/mol. The molecule has 3 heteroatoms. The summed E-state index contributed by atoms with van der Waals surface area (Å²) in [6.45, 7) is 2.03. The Morgan fingerprint density at radius 2 is 2.07 bits per heavy atom. The summed E-state index contributed by atoms with van der Waals surface area (Å²) in [6, 6.07) is 6.00. The fourth-order valence-electron chi connectivity index (χ4n) is 1.43. The van der Waals surface area contributed by atoms with Crippen LogP contribution in [0.15, 0.2) is 18.2 Å². The largest absolute Gasteiger partial charge is 0.377 e. The zero-order valence-electron chi connectivity index (χ0n) is 8.87. The lowest BCUT2D eigenvalue weighted by Gasteiger charge is -2.17. The highest BCUT2D eigenvalue weighted by molar-refractivity contribution is 5.79. The standard InChI is InChI=1S/C11H16N2O/c1-8-4-5-9(7-11(12)14)10(6-8)13(2)3/h4-6H,7H2,1-3H3,(H2,12,14). The van der Waals surface area contributed by atoms with Crippen molar-refractivity contribution < 1.29 is 4.79 Å². The number of carbonyl (C=O) groups is 1. The van der Waals surface area contributed by atoms with Crippen LogP contribution in [0, 0.1) is 6.92 Å². The zero-order chi connectivity index (χ0) is 10.7. The fraction of sp³-hybridized carbons (Fsp3) is 0.364. The van der Waals surface area contributed by atoms with Gasteiger partial charge in [-0.05, 0) is 24.1 Å². The molecule has 0 bridgehead atoms. The predicted octanol–water partition coefficient (Wildman–Crippen LogP) is 1.09. The Balaban J connectivity index is 3.08. The SMILES string of the molecule is Cc1ccc(CC(N)=O)c(N(C)C)c1. The van der Waals surface area contributed by atoms with Gasteiger partial charge in [-0.3, -0.25) is 4.79 Å². The number of benzene rings is 1. The number of amides is 1. The Morgan fingerprint density at radius 1 is 1.43 bits per heavy atom. The van der Waals surface area contributed by atoms with E-state index in [2.05, 4.69) is 6.07 Å². The summed E-state index contributed by atoms with van der Waals surface area (Å²) in [5, 5.41) is 0. The quantitative estimate of drug-likeness (QED) is 0.779. The molecule has 0 atom stereocenters. The topological polar surface area (TPSA) is 46.3 Å². The number of primary amides is 1. The lowest BCUT2D eigenvalue weighted by Crippen LogP contribution is -2.17. The van der Waals surface area contributed by atoms with Gasteiger partial charge in [-0.25, -0.2) is 0 Å². The van der Waals surface area contributed by atoms with E-state index in [9.17, 15) is 4.79 Å². The maximum absolute atomic E-state index is 10.8. The van der Waals surface area contributed by atoms with Gasteiger partial charge in [0, 0.05) is 19.8 Å². The van der Waals surface area contributed by atoms with Crippen molar-refractivity contribution in [2.45, 2.75) is 13.3 Å². The van der Waals surface area contributed by atoms with Crippen LogP contribution in [0.2, 0.25) is 0 Å². The van der Waals surface area contributed by atoms with E-state index < -0.39 is 0 Å². The second kappa shape index (κ2) is 4.13. The molecule has 1 aromatic rings. The van der Waals surface area contributed by atoms with E-state index in [1.165, 1.54) is 5.56 Å². The number of carbonyl (C=O) groups excluding carboxylic acids is 1. The van der Waals surface area contributed by atoms with Crippen LogP contribution in [0.4, 0.5) is 5.69 Å². The summed E-state index contributed by atoms with van der Waals surface area (Å²) in [6.07, 6.45) is 0.299. The third-order valence-corrected chi connectivity index (χ3v) is 2.09. The summed E-state index contributed by atoms with van der Waals surface area (Å²) in [5.41, 5.74) is 8.40. The summed E-state index contributed by atoms with van der Waals surface area (Å²) >= 11 is 0. The first kappa shape index (κ1) is 10.6. The molecule has 1 aromatic carbocycles. The first-order valence-corrected chi connectivity index (χ1v) is 4.56. The molecule has 0 unspecified atom stereocenters. The lowest BCUT2D eigenvalue weighted by atomic mass is 10.1. The van der Waals surface area contributed by atoms with Crippen LogP contribution < -0.4 is 10.6 Å². The van der Waals surface area contributed by atoms with Crippen LogP contribution in [0.5, 0.6) is 0 Å². The summed E-state index contributed by atoms with van der Waals surface area (Å²) in [5.74, 6) is -0.294. The highest BCUT2D eigenvalue weighted by Gasteiger charge is 2.06. The molecule has 0 radical (unpaired) electrons. The molecule has 0 aliphatic rings. The van der Waals surface area contributed by atoms with Crippen molar-refractivity contribution in [3.05, 3.63) is 29.3 Å². The Labute approximate surface area is 84.5 Å². The average Bonchev–Trinajstić information content (AvgIpc) is 2.07. The minimum atomic E-state index is -0.294. The molecule has 76 valence electrons. The van der Waals surface area contributed by atoms with E-state index >= 15 is 0 Å². The van der Waals surface area contributed by atoms with E-state index in [0.29, 0.717) is 6.42 Å². The normalized spacial score (nSPS) is 9.93. The highest BCUT2D eigenvalue weighted by Crippen LogP contribution is 2.20. The Kier molecular flexibility index (Phi) is 3.12. The molecule has 0 fully saturated rings. The van der Waals surface area contributed by atoms with Crippen molar-refractivity contribution in [1.82, 2.24) is 0 Å². The molecule has 0 spiro atoms. The van der Waals surface area contributed by atoms with Crippen molar-refractivity contribution in [2.24, 2.45) is 5.73 Å². The van der Waals surface area contributed by atoms with Gasteiger partial charge in [-0.1, -0.05) is 12.1 Å². The minimum absolute atomic E-state index is 0.294. The molecule has 0 aliphatic carbocycles. The number of anilines is 1. The van der Waals surface area contributed by atoms with Crippen LogP contribution in [-0.4, -0.2) is 20.0 Å². The molecule has 1 amide bonds. The molecule has 1 rings (SSSR count). The highest BCUT2D eigenvalue weighted by atomic mass is 16.1. The van der Waals surface area contributed by atoms with Crippen molar-refractivity contribution in [3.8, 4) is 0 Å². The second-order valence-corrected chi connectivity index (χ2v) is 3.67. The van der Waals surface area contributed by atoms with E-state index in [4.69, 9.17) is 5.73 Å². The van der Waals surface area contributed by atoms with Crippen molar-refractivity contribution >= 4 is 11.6 Å². The number of rotatable bonds is 3. The molecule has 3 nitrogen and oxygen atoms in total. The Hall–Kier alpha value is -1.51. The van der Waals surface area contributed by atoms with Gasteiger partial charge in [0.25, 0.3) is 0 Å². The Bertz CT molecular complexity index is 345. The maximum atomic E-state index is 10.8. The molecule has 0 aliphatic heterocycles. The van der Waals surface area contributed by atoms with Gasteiger partial charge < -0.3 is 10.6 Å². The maximum Gasteiger partial charge on any atom is 0.221 e. The van der Waals surface area contributed by atoms with Crippen LogP contribution in [0.3, 0.4) is 0 Å². The van der Waals surface area contributed by atoms with Crippen LogP contribution in [0.25, 0.3) is 0 Å². The van der Waals surface area contributed by atoms with Crippen LogP contribution in [0.1, 0.15) is 11.1 Å². The average molecular weight is 192 g/mol. The molecular formula is C11H16N2O. The molecule has 0 aromatic heterocycles. The summed E-state index contributed by atoms with van der Waals surface area (Å²) < 4.78 is 0. The zero-order valence-corrected chi connectivity index (χ0v) is 8.87. The lowest BCUT2D eigenvalue weighted by molar-refractivity contribution is -0.117. The van der Waals surface area contributed by atoms with Gasteiger partial charge in [0.05, 0.1) is 6.42 Å². The van der Waals surface area contributed by atoms with Crippen molar-refractivity contribution in [2.75, 3.05) is 19.0 Å². The number of hydrogen-bond donors (Lipinski definition) is 1. The van der Waals surface area contributed by atoms with Gasteiger partial charge >= 0.3 is 0 Å². The van der Waals surface area contributed by atoms with Crippen LogP contribution >= 0.6 is 0 Å². The molecule has 0 saturated carbocycles. The number of nitrogens with zero attached hydrogens (tertiary/aromatic N) is 1. The first-order valence-electron chi connectivity index (χ1n) is 4.56. The van der Waals surface area contributed by atoms with E-state index in [1.807, 2.05) is 38.1 Å². The van der Waals surface area contributed by atoms with Gasteiger partial charge in [-0.2, -0.15) is 0 Å². The van der Waals surface area contributed by atoms with Crippen molar-refractivity contribution in [1.29, 1.82) is 0 Å². The van der Waals surface area contributed by atoms with E-state index in [0.717, 1.165) is 11.3 Å². The fourth-order valence-corrected chi connectivity index (χ4v) is 1.43. The van der Waals surface area contributed by atoms with Gasteiger partial charge in [0.15, 0.2) is 0 Å².